The number of hydrogen-bond acceptors (Lipinski definition) is 4. The average molecular weight is 281 g/mol. The van der Waals surface area contributed by atoms with Gasteiger partial charge in [0, 0.05) is 23.4 Å². The van der Waals surface area contributed by atoms with Crippen molar-refractivity contribution in [2.24, 2.45) is 0 Å². The molecule has 2 aromatic heterocycles. The summed E-state index contributed by atoms with van der Waals surface area (Å²) in [5.41, 5.74) is 3.85. The zero-order valence-corrected chi connectivity index (χ0v) is 11.9. The molecule has 106 valence electrons. The minimum Gasteiger partial charge on any atom is -0.481 e. The van der Waals surface area contributed by atoms with Crippen LogP contribution >= 0.6 is 0 Å². The van der Waals surface area contributed by atoms with Crippen LogP contribution in [0.1, 0.15) is 23.4 Å². The molecule has 0 atom stereocenters. The van der Waals surface area contributed by atoms with Gasteiger partial charge in [0.2, 0.25) is 0 Å². The van der Waals surface area contributed by atoms with E-state index in [1.165, 1.54) is 5.56 Å². The Labute approximate surface area is 121 Å². The maximum Gasteiger partial charge on any atom is 0.303 e. The van der Waals surface area contributed by atoms with Crippen molar-refractivity contribution in [3.05, 3.63) is 41.3 Å². The third-order valence-electron chi connectivity index (χ3n) is 3.44. The van der Waals surface area contributed by atoms with Crippen molar-refractivity contribution in [2.75, 3.05) is 0 Å². The maximum absolute atomic E-state index is 10.6. The van der Waals surface area contributed by atoms with Gasteiger partial charge in [0.1, 0.15) is 5.82 Å². The van der Waals surface area contributed by atoms with Crippen molar-refractivity contribution < 1.29 is 9.90 Å². The van der Waals surface area contributed by atoms with Crippen molar-refractivity contribution in [1.29, 1.82) is 0 Å². The molecule has 0 aliphatic carbocycles. The van der Waals surface area contributed by atoms with Gasteiger partial charge in [0.15, 0.2) is 5.65 Å². The van der Waals surface area contributed by atoms with Crippen LogP contribution < -0.4 is 0 Å². The van der Waals surface area contributed by atoms with Gasteiger partial charge in [-0.05, 0) is 37.1 Å². The Kier molecular flexibility index (Phi) is 3.25. The first-order valence-electron chi connectivity index (χ1n) is 6.78. The number of carbonyl (C=O) groups is 1. The quantitative estimate of drug-likeness (QED) is 0.747. The average Bonchev–Trinajstić information content (AvgIpc) is 2.43. The van der Waals surface area contributed by atoms with E-state index in [4.69, 9.17) is 5.11 Å². The van der Waals surface area contributed by atoms with Crippen molar-refractivity contribution in [2.45, 2.75) is 26.7 Å². The normalized spacial score (nSPS) is 11.1. The fourth-order valence-electron chi connectivity index (χ4n) is 2.45. The summed E-state index contributed by atoms with van der Waals surface area (Å²) in [6, 6.07) is 6.19. The topological polar surface area (TPSA) is 76.0 Å². The van der Waals surface area contributed by atoms with Crippen LogP contribution in [0, 0.1) is 13.8 Å². The highest BCUT2D eigenvalue weighted by Gasteiger charge is 2.07. The lowest BCUT2D eigenvalue weighted by Crippen LogP contribution is -2.02. The number of aryl methyl sites for hydroxylation is 3. The fourth-order valence-corrected chi connectivity index (χ4v) is 2.45. The largest absolute Gasteiger partial charge is 0.481 e. The summed E-state index contributed by atoms with van der Waals surface area (Å²) in [5, 5.41) is 10.7. The van der Waals surface area contributed by atoms with E-state index < -0.39 is 5.97 Å². The maximum atomic E-state index is 10.6. The molecule has 2 heterocycles. The third-order valence-corrected chi connectivity index (χ3v) is 3.44. The molecule has 5 heteroatoms. The van der Waals surface area contributed by atoms with E-state index in [1.54, 1.807) is 6.20 Å². The van der Waals surface area contributed by atoms with Gasteiger partial charge in [0.05, 0.1) is 11.9 Å². The minimum atomic E-state index is -0.851. The molecular formula is C16H15N3O2. The molecule has 21 heavy (non-hydrogen) atoms. The fraction of sp³-hybridized carbons (Fsp3) is 0.250. The number of hydrogen-bond donors (Lipinski definition) is 1. The van der Waals surface area contributed by atoms with Gasteiger partial charge in [-0.1, -0.05) is 6.07 Å². The van der Waals surface area contributed by atoms with Crippen LogP contribution in [-0.4, -0.2) is 26.0 Å². The van der Waals surface area contributed by atoms with Crippen LogP contribution in [0.4, 0.5) is 0 Å². The lowest BCUT2D eigenvalue weighted by molar-refractivity contribution is -0.137. The second-order valence-electron chi connectivity index (χ2n) is 5.23. The van der Waals surface area contributed by atoms with E-state index in [-0.39, 0.29) is 6.42 Å². The van der Waals surface area contributed by atoms with E-state index in [0.717, 1.165) is 21.9 Å². The number of nitrogens with zero attached hydrogens (tertiary/aromatic N) is 3. The molecule has 0 amide bonds. The third kappa shape index (κ3) is 2.67. The standard InChI is InChI=1S/C16H15N3O2/c1-9-5-10(2)12-7-11-8-17-14(3-4-15(20)21)19-16(11)18-13(12)6-9/h5-8H,3-4H2,1-2H3,(H,20,21). The highest BCUT2D eigenvalue weighted by atomic mass is 16.4. The minimum absolute atomic E-state index is 0.0251. The summed E-state index contributed by atoms with van der Waals surface area (Å²) in [4.78, 5) is 23.8. The van der Waals surface area contributed by atoms with Crippen molar-refractivity contribution >= 4 is 27.9 Å². The summed E-state index contributed by atoms with van der Waals surface area (Å²) in [7, 11) is 0. The molecule has 1 N–H and O–H groups in total. The van der Waals surface area contributed by atoms with Gasteiger partial charge < -0.3 is 5.11 Å². The number of aliphatic carboxylic acids is 1. The Hall–Kier alpha value is -2.56. The number of benzene rings is 1. The molecule has 5 nitrogen and oxygen atoms in total. The molecule has 0 saturated heterocycles. The number of aromatic nitrogens is 3. The van der Waals surface area contributed by atoms with Gasteiger partial charge in [0.25, 0.3) is 0 Å². The molecule has 0 aliphatic heterocycles. The highest BCUT2D eigenvalue weighted by molar-refractivity contribution is 5.92. The molecule has 0 aliphatic rings. The molecule has 0 fully saturated rings. The van der Waals surface area contributed by atoms with E-state index >= 15 is 0 Å². The number of carboxylic acids is 1. The molecule has 0 radical (unpaired) electrons. The van der Waals surface area contributed by atoms with E-state index in [9.17, 15) is 4.79 Å². The number of fused-ring (bicyclic) bond motifs is 2. The molecule has 1 aromatic carbocycles. The van der Waals surface area contributed by atoms with Crippen LogP contribution in [0.25, 0.3) is 21.9 Å². The number of carboxylic acid groups (broad SMARTS) is 1. The first kappa shape index (κ1) is 13.4. The Bertz CT molecular complexity index is 859. The summed E-state index contributed by atoms with van der Waals surface area (Å²) in [6.45, 7) is 4.10. The zero-order chi connectivity index (χ0) is 15.0. The first-order chi connectivity index (χ1) is 10.0. The van der Waals surface area contributed by atoms with Crippen molar-refractivity contribution in [3.8, 4) is 0 Å². The molecular weight excluding hydrogens is 266 g/mol. The monoisotopic (exact) mass is 281 g/mol. The van der Waals surface area contributed by atoms with Crippen LogP contribution in [0.5, 0.6) is 0 Å². The van der Waals surface area contributed by atoms with Crippen LogP contribution in [-0.2, 0) is 11.2 Å². The molecule has 0 bridgehead atoms. The van der Waals surface area contributed by atoms with E-state index in [2.05, 4.69) is 27.9 Å². The summed E-state index contributed by atoms with van der Waals surface area (Å²) < 4.78 is 0. The smallest absolute Gasteiger partial charge is 0.303 e. The van der Waals surface area contributed by atoms with Crippen LogP contribution in [0.3, 0.4) is 0 Å². The summed E-state index contributed by atoms with van der Waals surface area (Å²) in [5.74, 6) is -0.336. The van der Waals surface area contributed by atoms with Gasteiger partial charge in [-0.3, -0.25) is 4.79 Å². The Morgan fingerprint density at radius 2 is 2.00 bits per heavy atom. The SMILES string of the molecule is Cc1cc(C)c2cc3cnc(CCC(=O)O)nc3nc2c1. The van der Waals surface area contributed by atoms with Crippen LogP contribution in [0.2, 0.25) is 0 Å². The Morgan fingerprint density at radius 1 is 1.19 bits per heavy atom. The number of rotatable bonds is 3. The van der Waals surface area contributed by atoms with Gasteiger partial charge in [-0.25, -0.2) is 15.0 Å². The van der Waals surface area contributed by atoms with E-state index in [0.29, 0.717) is 17.9 Å². The molecule has 0 unspecified atom stereocenters. The van der Waals surface area contributed by atoms with Gasteiger partial charge in [-0.15, -0.1) is 0 Å². The summed E-state index contributed by atoms with van der Waals surface area (Å²) in [6.07, 6.45) is 2.06. The predicted molar refractivity (Wildman–Crippen MR) is 80.3 cm³/mol. The Balaban J connectivity index is 2.12. The molecule has 0 spiro atoms. The second kappa shape index (κ2) is 5.09. The van der Waals surface area contributed by atoms with Crippen LogP contribution in [0.15, 0.2) is 24.4 Å². The lowest BCUT2D eigenvalue weighted by atomic mass is 10.1. The molecule has 3 aromatic rings. The summed E-state index contributed by atoms with van der Waals surface area (Å²) >= 11 is 0. The second-order valence-corrected chi connectivity index (χ2v) is 5.23. The van der Waals surface area contributed by atoms with E-state index in [1.807, 2.05) is 19.1 Å². The predicted octanol–water partition coefficient (Wildman–Crippen LogP) is 2.81. The molecule has 3 rings (SSSR count). The van der Waals surface area contributed by atoms with Crippen molar-refractivity contribution in [3.63, 3.8) is 0 Å². The first-order valence-corrected chi connectivity index (χ1v) is 6.78. The van der Waals surface area contributed by atoms with Crippen molar-refractivity contribution in [1.82, 2.24) is 15.0 Å². The highest BCUT2D eigenvalue weighted by Crippen LogP contribution is 2.22. The lowest BCUT2D eigenvalue weighted by Gasteiger charge is -2.06. The Morgan fingerprint density at radius 3 is 2.76 bits per heavy atom. The molecule has 0 saturated carbocycles. The zero-order valence-electron chi connectivity index (χ0n) is 11.9. The van der Waals surface area contributed by atoms with Gasteiger partial charge >= 0.3 is 5.97 Å². The van der Waals surface area contributed by atoms with Gasteiger partial charge in [-0.2, -0.15) is 0 Å². The number of pyridine rings is 1.